The van der Waals surface area contributed by atoms with Crippen molar-refractivity contribution in [2.75, 3.05) is 26.3 Å². The van der Waals surface area contributed by atoms with Crippen LogP contribution in [0.2, 0.25) is 0 Å². The minimum absolute atomic E-state index is 0.00744. The number of methoxy groups -OCH3 is 2. The van der Waals surface area contributed by atoms with Crippen molar-refractivity contribution in [2.45, 2.75) is 57.7 Å². The Labute approximate surface area is 192 Å². The average molecular weight is 463 g/mol. The van der Waals surface area contributed by atoms with E-state index in [9.17, 15) is 14.4 Å². The number of hydrogen-bond donors (Lipinski definition) is 1. The average Bonchev–Trinajstić information content (AvgIpc) is 2.75. The lowest BCUT2D eigenvalue weighted by molar-refractivity contribution is -0.285. The molecule has 33 heavy (non-hydrogen) atoms. The molecule has 1 aromatic rings. The Morgan fingerprint density at radius 3 is 2.55 bits per heavy atom. The summed E-state index contributed by atoms with van der Waals surface area (Å²) in [6.45, 7) is 4.82. The summed E-state index contributed by atoms with van der Waals surface area (Å²) in [7, 11) is 2.88. The fourth-order valence-corrected chi connectivity index (χ4v) is 3.58. The Morgan fingerprint density at radius 1 is 1.12 bits per heavy atom. The second-order valence-corrected chi connectivity index (χ2v) is 8.19. The van der Waals surface area contributed by atoms with Gasteiger partial charge in [0.1, 0.15) is 35.4 Å². The highest BCUT2D eigenvalue weighted by Gasteiger charge is 2.41. The van der Waals surface area contributed by atoms with E-state index in [4.69, 9.17) is 28.4 Å². The molecule has 2 aliphatic heterocycles. The third kappa shape index (κ3) is 6.10. The zero-order valence-corrected chi connectivity index (χ0v) is 19.3. The van der Waals surface area contributed by atoms with Gasteiger partial charge < -0.3 is 33.7 Å². The summed E-state index contributed by atoms with van der Waals surface area (Å²) in [5.41, 5.74) is 0.124. The molecule has 0 radical (unpaired) electrons. The summed E-state index contributed by atoms with van der Waals surface area (Å²) in [5, 5.41) is 2.71. The second kappa shape index (κ2) is 10.3. The van der Waals surface area contributed by atoms with E-state index < -0.39 is 36.0 Å². The van der Waals surface area contributed by atoms with E-state index in [0.717, 1.165) is 0 Å². The maximum absolute atomic E-state index is 13.2. The molecule has 180 valence electrons. The van der Waals surface area contributed by atoms with Gasteiger partial charge in [-0.05, 0) is 26.8 Å². The van der Waals surface area contributed by atoms with Gasteiger partial charge in [0.05, 0.1) is 12.8 Å². The molecule has 1 saturated heterocycles. The molecule has 3 rings (SSSR count). The molecule has 10 nitrogen and oxygen atoms in total. The van der Waals surface area contributed by atoms with Gasteiger partial charge >= 0.3 is 5.97 Å². The van der Waals surface area contributed by atoms with Crippen LogP contribution >= 0.6 is 0 Å². The SMILES string of the molecule is COCOc1cc(OC)cc2c1C(=O)O[C@@H](C)C/C=C/C(=O)[C@@H]1C[C@H](OC(C)(C)O1)C(=O)N2. The van der Waals surface area contributed by atoms with Crippen LogP contribution in [0, 0.1) is 0 Å². The number of ether oxygens (including phenoxy) is 6. The number of carbonyl (C=O) groups is 3. The number of carbonyl (C=O) groups excluding carboxylic acids is 3. The summed E-state index contributed by atoms with van der Waals surface area (Å²) in [6, 6.07) is 2.99. The van der Waals surface area contributed by atoms with Crippen molar-refractivity contribution in [1.82, 2.24) is 0 Å². The number of esters is 1. The minimum atomic E-state index is -1.17. The van der Waals surface area contributed by atoms with Crippen LogP contribution in [0.3, 0.4) is 0 Å². The third-order valence-electron chi connectivity index (χ3n) is 5.05. The molecule has 0 aromatic heterocycles. The number of rotatable bonds is 4. The molecule has 10 heteroatoms. The van der Waals surface area contributed by atoms with Gasteiger partial charge in [-0.15, -0.1) is 0 Å². The van der Waals surface area contributed by atoms with Crippen LogP contribution in [0.5, 0.6) is 11.5 Å². The standard InChI is InChI=1S/C23H29NO9/c1-13-7-6-8-16(25)17-11-19(33-23(2,3)32-17)21(26)24-15-9-14(29-5)10-18(30-12-28-4)20(15)22(27)31-13/h6,8-10,13,17,19H,7,11-12H2,1-5H3,(H,24,26)/b8-6+/t13-,17-,19-/m0/s1. The Balaban J connectivity index is 2.07. The van der Waals surface area contributed by atoms with E-state index in [0.29, 0.717) is 12.2 Å². The van der Waals surface area contributed by atoms with E-state index in [1.54, 1.807) is 26.8 Å². The second-order valence-electron chi connectivity index (χ2n) is 8.19. The summed E-state index contributed by atoms with van der Waals surface area (Å²) < 4.78 is 32.9. The van der Waals surface area contributed by atoms with Gasteiger partial charge in [-0.3, -0.25) is 9.59 Å². The molecule has 2 heterocycles. The normalized spacial score (nSPS) is 26.3. The largest absolute Gasteiger partial charge is 0.497 e. The molecule has 1 fully saturated rings. The Bertz CT molecular complexity index is 940. The van der Waals surface area contributed by atoms with Crippen LogP contribution in [-0.4, -0.2) is 62.8 Å². The first-order valence-corrected chi connectivity index (χ1v) is 10.5. The minimum Gasteiger partial charge on any atom is -0.497 e. The molecule has 3 atom stereocenters. The fourth-order valence-electron chi connectivity index (χ4n) is 3.58. The number of nitrogens with one attached hydrogen (secondary N) is 1. The Morgan fingerprint density at radius 2 is 1.85 bits per heavy atom. The first-order chi connectivity index (χ1) is 15.6. The monoisotopic (exact) mass is 463 g/mol. The molecule has 1 aromatic carbocycles. The zero-order chi connectivity index (χ0) is 24.2. The van der Waals surface area contributed by atoms with Crippen molar-refractivity contribution in [1.29, 1.82) is 0 Å². The predicted molar refractivity (Wildman–Crippen MR) is 116 cm³/mol. The first-order valence-electron chi connectivity index (χ1n) is 10.5. The van der Waals surface area contributed by atoms with Crippen LogP contribution in [0.15, 0.2) is 24.3 Å². The first kappa shape index (κ1) is 24.7. The number of benzene rings is 1. The smallest absolute Gasteiger partial charge is 0.344 e. The number of hydrogen-bond acceptors (Lipinski definition) is 9. The molecular formula is C23H29NO9. The van der Waals surface area contributed by atoms with Crippen LogP contribution < -0.4 is 14.8 Å². The van der Waals surface area contributed by atoms with E-state index in [2.05, 4.69) is 5.32 Å². The van der Waals surface area contributed by atoms with Crippen molar-refractivity contribution in [3.63, 3.8) is 0 Å². The molecular weight excluding hydrogens is 434 g/mol. The topological polar surface area (TPSA) is 119 Å². The van der Waals surface area contributed by atoms with Crippen LogP contribution in [0.4, 0.5) is 5.69 Å². The van der Waals surface area contributed by atoms with Crippen molar-refractivity contribution in [2.24, 2.45) is 0 Å². The summed E-state index contributed by atoms with van der Waals surface area (Å²) in [4.78, 5) is 38.9. The fraction of sp³-hybridized carbons (Fsp3) is 0.522. The van der Waals surface area contributed by atoms with E-state index in [-0.39, 0.29) is 36.0 Å². The number of amides is 1. The summed E-state index contributed by atoms with van der Waals surface area (Å²) in [6.07, 6.45) is 0.908. The molecule has 0 aliphatic carbocycles. The maximum atomic E-state index is 13.2. The highest BCUT2D eigenvalue weighted by molar-refractivity contribution is 6.05. The van der Waals surface area contributed by atoms with Crippen molar-refractivity contribution < 1.29 is 42.8 Å². The predicted octanol–water partition coefficient (Wildman–Crippen LogP) is 2.60. The molecule has 2 bridgehead atoms. The molecule has 0 spiro atoms. The number of anilines is 1. The lowest BCUT2D eigenvalue weighted by atomic mass is 10.0. The van der Waals surface area contributed by atoms with Crippen molar-refractivity contribution in [3.8, 4) is 11.5 Å². The highest BCUT2D eigenvalue weighted by atomic mass is 16.7. The van der Waals surface area contributed by atoms with Crippen LogP contribution in [-0.2, 0) is 28.5 Å². The number of ketones is 1. The van der Waals surface area contributed by atoms with Crippen LogP contribution in [0.1, 0.15) is 44.0 Å². The van der Waals surface area contributed by atoms with Gasteiger partial charge in [-0.1, -0.05) is 6.08 Å². The van der Waals surface area contributed by atoms with E-state index >= 15 is 0 Å². The molecule has 1 amide bonds. The van der Waals surface area contributed by atoms with Crippen LogP contribution in [0.25, 0.3) is 0 Å². The van der Waals surface area contributed by atoms with Gasteiger partial charge in [0.15, 0.2) is 18.4 Å². The van der Waals surface area contributed by atoms with Gasteiger partial charge in [0.25, 0.3) is 5.91 Å². The lowest BCUT2D eigenvalue weighted by Gasteiger charge is -2.39. The molecule has 2 aliphatic rings. The quantitative estimate of drug-likeness (QED) is 0.531. The van der Waals surface area contributed by atoms with Gasteiger partial charge in [0.2, 0.25) is 0 Å². The van der Waals surface area contributed by atoms with Gasteiger partial charge in [-0.25, -0.2) is 4.79 Å². The van der Waals surface area contributed by atoms with E-state index in [1.165, 1.54) is 32.4 Å². The van der Waals surface area contributed by atoms with Gasteiger partial charge in [-0.2, -0.15) is 0 Å². The van der Waals surface area contributed by atoms with Crippen molar-refractivity contribution >= 4 is 23.3 Å². The lowest BCUT2D eigenvalue weighted by Crippen LogP contribution is -2.51. The number of cyclic esters (lactones) is 1. The maximum Gasteiger partial charge on any atom is 0.344 e. The third-order valence-corrected chi connectivity index (χ3v) is 5.05. The zero-order valence-electron chi connectivity index (χ0n) is 19.3. The Kier molecular flexibility index (Phi) is 7.72. The molecule has 0 saturated carbocycles. The van der Waals surface area contributed by atoms with Crippen molar-refractivity contribution in [3.05, 3.63) is 29.8 Å². The number of fused-ring (bicyclic) bond motifs is 3. The molecule has 0 unspecified atom stereocenters. The highest BCUT2D eigenvalue weighted by Crippen LogP contribution is 2.35. The summed E-state index contributed by atoms with van der Waals surface area (Å²) in [5.74, 6) is -2.27. The summed E-state index contributed by atoms with van der Waals surface area (Å²) >= 11 is 0. The van der Waals surface area contributed by atoms with Gasteiger partial charge in [0, 0.05) is 32.1 Å². The molecule has 1 N–H and O–H groups in total. The Hall–Kier alpha value is -2.95. The van der Waals surface area contributed by atoms with E-state index in [1.807, 2.05) is 0 Å².